The van der Waals surface area contributed by atoms with E-state index in [9.17, 15) is 0 Å². The molecule has 144 valence electrons. The number of benzene rings is 2. The monoisotopic (exact) mass is 417 g/mol. The Morgan fingerprint density at radius 1 is 0.923 bits per heavy atom. The molecule has 0 bridgehead atoms. The third-order valence-corrected chi connectivity index (χ3v) is 4.63. The maximum atomic E-state index is 6.04. The van der Waals surface area contributed by atoms with Crippen molar-refractivity contribution >= 4 is 35.6 Å². The highest BCUT2D eigenvalue weighted by atomic mass is 35.5. The van der Waals surface area contributed by atoms with E-state index in [0.717, 1.165) is 24.4 Å². The van der Waals surface area contributed by atoms with Gasteiger partial charge in [-0.15, -0.1) is 12.4 Å². The Kier molecular flexibility index (Phi) is 10.8. The molecule has 0 heterocycles. The van der Waals surface area contributed by atoms with Crippen LogP contribution < -0.4 is 14.8 Å². The zero-order chi connectivity index (χ0) is 18.1. The average molecular weight is 419 g/mol. The summed E-state index contributed by atoms with van der Waals surface area (Å²) in [5.74, 6) is 1.44. The Balaban J connectivity index is 0.00000338. The van der Waals surface area contributed by atoms with Gasteiger partial charge in [0.05, 0.1) is 17.2 Å². The van der Waals surface area contributed by atoms with Crippen LogP contribution in [0.25, 0.3) is 0 Å². The first-order valence-corrected chi connectivity index (χ1v) is 9.34. The molecule has 0 aromatic heterocycles. The van der Waals surface area contributed by atoms with Crippen molar-refractivity contribution in [3.63, 3.8) is 0 Å². The van der Waals surface area contributed by atoms with Gasteiger partial charge in [0.2, 0.25) is 0 Å². The molecule has 0 fully saturated rings. The molecule has 0 unspecified atom stereocenters. The number of methoxy groups -OCH3 is 1. The number of halogens is 3. The van der Waals surface area contributed by atoms with E-state index in [1.807, 2.05) is 24.3 Å². The fraction of sp³-hybridized carbons (Fsp3) is 0.400. The van der Waals surface area contributed by atoms with Gasteiger partial charge in [0.1, 0.15) is 6.61 Å². The van der Waals surface area contributed by atoms with E-state index in [4.69, 9.17) is 32.7 Å². The van der Waals surface area contributed by atoms with Gasteiger partial charge in [-0.1, -0.05) is 55.1 Å². The molecular weight excluding hydrogens is 393 g/mol. The van der Waals surface area contributed by atoms with Crippen LogP contribution in [0.5, 0.6) is 11.5 Å². The summed E-state index contributed by atoms with van der Waals surface area (Å²) in [5.41, 5.74) is 2.13. The summed E-state index contributed by atoms with van der Waals surface area (Å²) in [6, 6.07) is 11.5. The molecular formula is C20H26Cl3NO2. The van der Waals surface area contributed by atoms with Crippen molar-refractivity contribution in [2.45, 2.75) is 39.3 Å². The Bertz CT molecular complexity index is 680. The Morgan fingerprint density at radius 2 is 1.69 bits per heavy atom. The molecule has 2 aromatic rings. The molecule has 2 rings (SSSR count). The second-order valence-electron chi connectivity index (χ2n) is 5.91. The van der Waals surface area contributed by atoms with E-state index in [2.05, 4.69) is 18.3 Å². The second-order valence-corrected chi connectivity index (χ2v) is 6.72. The summed E-state index contributed by atoms with van der Waals surface area (Å²) in [4.78, 5) is 0. The lowest BCUT2D eigenvalue weighted by Gasteiger charge is -2.13. The van der Waals surface area contributed by atoms with Gasteiger partial charge in [-0.25, -0.2) is 0 Å². The van der Waals surface area contributed by atoms with Gasteiger partial charge in [0.15, 0.2) is 11.5 Å². The van der Waals surface area contributed by atoms with Crippen molar-refractivity contribution in [1.82, 2.24) is 5.32 Å². The van der Waals surface area contributed by atoms with E-state index in [-0.39, 0.29) is 12.4 Å². The van der Waals surface area contributed by atoms with Crippen LogP contribution in [0.1, 0.15) is 37.3 Å². The molecule has 0 spiro atoms. The van der Waals surface area contributed by atoms with Crippen molar-refractivity contribution in [3.05, 3.63) is 57.6 Å². The lowest BCUT2D eigenvalue weighted by molar-refractivity contribution is 0.284. The molecule has 3 nitrogen and oxygen atoms in total. The van der Waals surface area contributed by atoms with Crippen molar-refractivity contribution in [2.24, 2.45) is 0 Å². The summed E-state index contributed by atoms with van der Waals surface area (Å²) < 4.78 is 11.3. The summed E-state index contributed by atoms with van der Waals surface area (Å²) >= 11 is 12.0. The number of nitrogens with one attached hydrogen (secondary N) is 1. The minimum atomic E-state index is 0. The van der Waals surface area contributed by atoms with Crippen LogP contribution in [-0.4, -0.2) is 13.7 Å². The first-order chi connectivity index (χ1) is 12.1. The maximum absolute atomic E-state index is 6.04. The largest absolute Gasteiger partial charge is 0.493 e. The van der Waals surface area contributed by atoms with E-state index in [0.29, 0.717) is 22.4 Å². The minimum absolute atomic E-state index is 0. The average Bonchev–Trinajstić information content (AvgIpc) is 2.63. The van der Waals surface area contributed by atoms with Crippen LogP contribution in [0.3, 0.4) is 0 Å². The van der Waals surface area contributed by atoms with Gasteiger partial charge < -0.3 is 14.8 Å². The standard InChI is InChI=1S/C20H25Cl2NO2.ClH/c1-3-4-5-10-23-13-15-7-9-19(20(12-15)24-2)25-14-16-6-8-17(21)18(22)11-16;/h6-9,11-12,23H,3-5,10,13-14H2,1-2H3;1H. The van der Waals surface area contributed by atoms with Crippen molar-refractivity contribution in [2.75, 3.05) is 13.7 Å². The van der Waals surface area contributed by atoms with E-state index in [1.54, 1.807) is 13.2 Å². The molecule has 1 N–H and O–H groups in total. The zero-order valence-corrected chi connectivity index (χ0v) is 17.5. The highest BCUT2D eigenvalue weighted by Crippen LogP contribution is 2.29. The van der Waals surface area contributed by atoms with Crippen LogP contribution in [0.15, 0.2) is 36.4 Å². The predicted octanol–water partition coefficient (Wildman–Crippen LogP) is 6.28. The highest BCUT2D eigenvalue weighted by molar-refractivity contribution is 6.42. The van der Waals surface area contributed by atoms with Crippen molar-refractivity contribution in [3.8, 4) is 11.5 Å². The highest BCUT2D eigenvalue weighted by Gasteiger charge is 2.07. The molecule has 0 atom stereocenters. The van der Waals surface area contributed by atoms with Crippen LogP contribution in [0.4, 0.5) is 0 Å². The number of hydrogen-bond acceptors (Lipinski definition) is 3. The Morgan fingerprint density at radius 3 is 2.38 bits per heavy atom. The van der Waals surface area contributed by atoms with Crippen LogP contribution in [0.2, 0.25) is 10.0 Å². The predicted molar refractivity (Wildman–Crippen MR) is 112 cm³/mol. The van der Waals surface area contributed by atoms with E-state index < -0.39 is 0 Å². The SMILES string of the molecule is CCCCCNCc1ccc(OCc2ccc(Cl)c(Cl)c2)c(OC)c1.Cl. The summed E-state index contributed by atoms with van der Waals surface area (Å²) in [5, 5.41) is 4.52. The lowest BCUT2D eigenvalue weighted by Crippen LogP contribution is -2.14. The van der Waals surface area contributed by atoms with Gasteiger partial charge in [-0.2, -0.15) is 0 Å². The minimum Gasteiger partial charge on any atom is -0.493 e. The normalized spacial score (nSPS) is 10.3. The number of unbranched alkanes of at least 4 members (excludes halogenated alkanes) is 2. The Hall–Kier alpha value is -1.13. The molecule has 26 heavy (non-hydrogen) atoms. The zero-order valence-electron chi connectivity index (χ0n) is 15.2. The fourth-order valence-corrected chi connectivity index (χ4v) is 2.79. The summed E-state index contributed by atoms with van der Waals surface area (Å²) in [6.07, 6.45) is 3.71. The van der Waals surface area contributed by atoms with Gasteiger partial charge in [-0.05, 0) is 48.4 Å². The molecule has 0 aliphatic heterocycles. The van der Waals surface area contributed by atoms with Crippen molar-refractivity contribution < 1.29 is 9.47 Å². The van der Waals surface area contributed by atoms with Crippen LogP contribution in [-0.2, 0) is 13.2 Å². The van der Waals surface area contributed by atoms with Gasteiger partial charge in [0.25, 0.3) is 0 Å². The van der Waals surface area contributed by atoms with Gasteiger partial charge >= 0.3 is 0 Å². The molecule has 2 aromatic carbocycles. The third-order valence-electron chi connectivity index (χ3n) is 3.89. The smallest absolute Gasteiger partial charge is 0.161 e. The maximum Gasteiger partial charge on any atom is 0.161 e. The second kappa shape index (κ2) is 12.3. The summed E-state index contributed by atoms with van der Waals surface area (Å²) in [7, 11) is 1.65. The van der Waals surface area contributed by atoms with E-state index in [1.165, 1.54) is 24.8 Å². The first-order valence-electron chi connectivity index (χ1n) is 8.58. The quantitative estimate of drug-likeness (QED) is 0.460. The summed E-state index contributed by atoms with van der Waals surface area (Å²) in [6.45, 7) is 4.47. The molecule has 0 saturated carbocycles. The number of ether oxygens (including phenoxy) is 2. The molecule has 0 aliphatic carbocycles. The van der Waals surface area contributed by atoms with Gasteiger partial charge in [0, 0.05) is 6.54 Å². The molecule has 6 heteroatoms. The molecule has 0 saturated heterocycles. The Labute approximate surface area is 172 Å². The first kappa shape index (κ1) is 22.9. The molecule has 0 radical (unpaired) electrons. The molecule has 0 aliphatic rings. The van der Waals surface area contributed by atoms with Gasteiger partial charge in [-0.3, -0.25) is 0 Å². The van der Waals surface area contributed by atoms with E-state index >= 15 is 0 Å². The fourth-order valence-electron chi connectivity index (χ4n) is 2.46. The molecule has 0 amide bonds. The number of rotatable bonds is 10. The van der Waals surface area contributed by atoms with Crippen LogP contribution >= 0.6 is 35.6 Å². The number of hydrogen-bond donors (Lipinski definition) is 1. The van der Waals surface area contributed by atoms with Crippen molar-refractivity contribution in [1.29, 1.82) is 0 Å². The third kappa shape index (κ3) is 7.24. The lowest BCUT2D eigenvalue weighted by atomic mass is 10.2. The van der Waals surface area contributed by atoms with Crippen LogP contribution in [0, 0.1) is 0 Å². The topological polar surface area (TPSA) is 30.5 Å².